The Bertz CT molecular complexity index is 745. The van der Waals surface area contributed by atoms with E-state index in [1.54, 1.807) is 0 Å². The lowest BCUT2D eigenvalue weighted by Crippen LogP contribution is -2.40. The van der Waals surface area contributed by atoms with E-state index in [0.717, 1.165) is 30.0 Å². The summed E-state index contributed by atoms with van der Waals surface area (Å²) >= 11 is 1.11. The number of carboxylic acid groups (broad SMARTS) is 1. The highest BCUT2D eigenvalue weighted by atomic mass is 32.2. The number of amidine groups is 1. The summed E-state index contributed by atoms with van der Waals surface area (Å²) in [5.41, 5.74) is -1.71. The number of benzene rings is 1. The Morgan fingerprint density at radius 2 is 2.29 bits per heavy atom. The minimum atomic E-state index is -1.33. The van der Waals surface area contributed by atoms with Gasteiger partial charge in [0.15, 0.2) is 5.17 Å². The third-order valence-electron chi connectivity index (χ3n) is 4.31. The minimum Gasteiger partial charge on any atom is -0.465 e. The molecule has 128 valence electrons. The second kappa shape index (κ2) is 6.00. The normalized spacial score (nSPS) is 28.8. The molecule has 0 radical (unpaired) electrons. The van der Waals surface area contributed by atoms with Crippen LogP contribution in [0.4, 0.5) is 19.3 Å². The van der Waals surface area contributed by atoms with E-state index in [2.05, 4.69) is 10.3 Å². The fraction of sp³-hybridized carbons (Fsp3) is 0.429. The fourth-order valence-corrected chi connectivity index (χ4v) is 4.49. The van der Waals surface area contributed by atoms with Crippen molar-refractivity contribution in [1.29, 1.82) is 0 Å². The molecule has 0 saturated heterocycles. The van der Waals surface area contributed by atoms with Gasteiger partial charge in [-0.05, 0) is 12.5 Å². The monoisotopic (exact) mass is 357 g/mol. The molecule has 3 rings (SSSR count). The number of nitro benzene ring substituents is 1. The van der Waals surface area contributed by atoms with Gasteiger partial charge in [-0.25, -0.2) is 13.6 Å². The Hall–Kier alpha value is -2.23. The van der Waals surface area contributed by atoms with Crippen LogP contribution in [0.2, 0.25) is 0 Å². The SMILES string of the molecule is O=C(O)NC1=NC2(c3cc([N+](=O)[O-])ccc3F)CC(F)CC2CS1. The molecule has 1 aromatic carbocycles. The molecule has 0 bridgehead atoms. The molecule has 3 unspecified atom stereocenters. The summed E-state index contributed by atoms with van der Waals surface area (Å²) in [5, 5.41) is 22.0. The van der Waals surface area contributed by atoms with Crippen LogP contribution in [0.5, 0.6) is 0 Å². The Morgan fingerprint density at radius 1 is 1.54 bits per heavy atom. The molecule has 1 saturated carbocycles. The Balaban J connectivity index is 2.14. The predicted molar refractivity (Wildman–Crippen MR) is 83.4 cm³/mol. The zero-order valence-corrected chi connectivity index (χ0v) is 13.1. The van der Waals surface area contributed by atoms with Crippen LogP contribution in [0.1, 0.15) is 18.4 Å². The van der Waals surface area contributed by atoms with E-state index < -0.39 is 28.5 Å². The maximum atomic E-state index is 14.4. The van der Waals surface area contributed by atoms with Crippen LogP contribution in [0.15, 0.2) is 23.2 Å². The van der Waals surface area contributed by atoms with E-state index in [9.17, 15) is 23.7 Å². The van der Waals surface area contributed by atoms with Crippen molar-refractivity contribution >= 4 is 28.7 Å². The Labute approximate surface area is 139 Å². The molecule has 1 amide bonds. The summed E-state index contributed by atoms with van der Waals surface area (Å²) in [5.74, 6) is -0.736. The molecular weight excluding hydrogens is 344 g/mol. The number of non-ortho nitro benzene ring substituents is 1. The zero-order valence-electron chi connectivity index (χ0n) is 12.2. The molecule has 2 N–H and O–H groups in total. The van der Waals surface area contributed by atoms with Gasteiger partial charge in [0.2, 0.25) is 0 Å². The topological polar surface area (TPSA) is 105 Å². The van der Waals surface area contributed by atoms with Crippen molar-refractivity contribution in [3.05, 3.63) is 39.7 Å². The van der Waals surface area contributed by atoms with E-state index in [4.69, 9.17) is 5.11 Å². The average molecular weight is 357 g/mol. The number of nitrogens with one attached hydrogen (secondary N) is 1. The van der Waals surface area contributed by atoms with Crippen LogP contribution in [0, 0.1) is 21.8 Å². The van der Waals surface area contributed by atoms with Crippen molar-refractivity contribution in [2.24, 2.45) is 10.9 Å². The molecule has 3 atom stereocenters. The van der Waals surface area contributed by atoms with Crippen molar-refractivity contribution in [3.8, 4) is 0 Å². The minimum absolute atomic E-state index is 0.0405. The Morgan fingerprint density at radius 3 is 2.96 bits per heavy atom. The number of halogens is 2. The molecular formula is C14H13F2N3O4S. The summed E-state index contributed by atoms with van der Waals surface area (Å²) in [6, 6.07) is 3.06. The van der Waals surface area contributed by atoms with Gasteiger partial charge in [-0.3, -0.25) is 20.4 Å². The van der Waals surface area contributed by atoms with Gasteiger partial charge in [0.1, 0.15) is 12.0 Å². The molecule has 1 aliphatic carbocycles. The number of carbonyl (C=O) groups is 1. The number of amides is 1. The van der Waals surface area contributed by atoms with Gasteiger partial charge in [0, 0.05) is 35.8 Å². The van der Waals surface area contributed by atoms with E-state index >= 15 is 0 Å². The first-order valence-corrected chi connectivity index (χ1v) is 8.11. The molecule has 0 aromatic heterocycles. The summed E-state index contributed by atoms with van der Waals surface area (Å²) < 4.78 is 28.5. The predicted octanol–water partition coefficient (Wildman–Crippen LogP) is 3.05. The quantitative estimate of drug-likeness (QED) is 0.625. The number of nitrogens with zero attached hydrogens (tertiary/aromatic N) is 2. The highest BCUT2D eigenvalue weighted by Crippen LogP contribution is 2.52. The fourth-order valence-electron chi connectivity index (χ4n) is 3.33. The van der Waals surface area contributed by atoms with Crippen molar-refractivity contribution in [3.63, 3.8) is 0 Å². The van der Waals surface area contributed by atoms with Gasteiger partial charge < -0.3 is 5.11 Å². The summed E-state index contributed by atoms with van der Waals surface area (Å²) in [7, 11) is 0. The van der Waals surface area contributed by atoms with Crippen LogP contribution in [-0.2, 0) is 5.54 Å². The molecule has 2 aliphatic rings. The number of hydrogen-bond donors (Lipinski definition) is 2. The summed E-state index contributed by atoms with van der Waals surface area (Å²) in [6.45, 7) is 0. The maximum absolute atomic E-state index is 14.4. The van der Waals surface area contributed by atoms with E-state index in [0.29, 0.717) is 5.75 Å². The molecule has 1 aromatic rings. The van der Waals surface area contributed by atoms with Gasteiger partial charge in [0.05, 0.1) is 10.5 Å². The van der Waals surface area contributed by atoms with E-state index in [1.807, 2.05) is 0 Å². The van der Waals surface area contributed by atoms with Crippen LogP contribution >= 0.6 is 11.8 Å². The van der Waals surface area contributed by atoms with Crippen molar-refractivity contribution < 1.29 is 23.6 Å². The van der Waals surface area contributed by atoms with Crippen molar-refractivity contribution in [2.75, 3.05) is 5.75 Å². The average Bonchev–Trinajstić information content (AvgIpc) is 2.82. The lowest BCUT2D eigenvalue weighted by Gasteiger charge is -2.36. The molecule has 7 nitrogen and oxygen atoms in total. The van der Waals surface area contributed by atoms with Gasteiger partial charge >= 0.3 is 6.09 Å². The van der Waals surface area contributed by atoms with Crippen LogP contribution in [0.3, 0.4) is 0 Å². The number of hydrogen-bond acceptors (Lipinski definition) is 5. The van der Waals surface area contributed by atoms with Crippen LogP contribution < -0.4 is 5.32 Å². The largest absolute Gasteiger partial charge is 0.465 e. The Kier molecular flexibility index (Phi) is 4.16. The molecule has 0 spiro atoms. The highest BCUT2D eigenvalue weighted by Gasteiger charge is 2.52. The molecule has 24 heavy (non-hydrogen) atoms. The second-order valence-electron chi connectivity index (χ2n) is 5.74. The molecule has 1 aliphatic heterocycles. The first-order valence-electron chi connectivity index (χ1n) is 7.13. The lowest BCUT2D eigenvalue weighted by molar-refractivity contribution is -0.385. The van der Waals surface area contributed by atoms with Crippen LogP contribution in [-0.4, -0.2) is 33.2 Å². The third-order valence-corrected chi connectivity index (χ3v) is 5.35. The maximum Gasteiger partial charge on any atom is 0.410 e. The number of alkyl halides is 1. The standard InChI is InChI=1S/C14H13F2N3O4S/c15-8-3-7-6-24-12(17-13(20)21)18-14(7,5-8)10-4-9(19(22)23)1-2-11(10)16/h1-2,4,7-8H,3,5-6H2,(H,17,18)(H,20,21). The molecule has 10 heteroatoms. The van der Waals surface area contributed by atoms with Crippen LogP contribution in [0.25, 0.3) is 0 Å². The first kappa shape index (κ1) is 16.6. The zero-order chi connectivity index (χ0) is 17.5. The smallest absolute Gasteiger partial charge is 0.410 e. The van der Waals surface area contributed by atoms with E-state index in [-0.39, 0.29) is 35.2 Å². The number of aliphatic imine (C=N–C) groups is 1. The summed E-state index contributed by atoms with van der Waals surface area (Å²) in [6.07, 6.45) is -2.55. The second-order valence-corrected chi connectivity index (χ2v) is 6.75. The summed E-state index contributed by atoms with van der Waals surface area (Å²) in [4.78, 5) is 25.4. The van der Waals surface area contributed by atoms with Gasteiger partial charge in [-0.15, -0.1) is 0 Å². The van der Waals surface area contributed by atoms with Crippen molar-refractivity contribution in [1.82, 2.24) is 5.32 Å². The van der Waals surface area contributed by atoms with Crippen molar-refractivity contribution in [2.45, 2.75) is 24.6 Å². The molecule has 1 heterocycles. The lowest BCUT2D eigenvalue weighted by atomic mass is 9.81. The number of fused-ring (bicyclic) bond motifs is 1. The van der Waals surface area contributed by atoms with Gasteiger partial charge in [-0.2, -0.15) is 0 Å². The number of thioether (sulfide) groups is 1. The number of rotatable bonds is 2. The highest BCUT2D eigenvalue weighted by molar-refractivity contribution is 8.13. The molecule has 1 fully saturated rings. The number of nitro groups is 1. The first-order chi connectivity index (χ1) is 11.3. The van der Waals surface area contributed by atoms with Gasteiger partial charge in [-0.1, -0.05) is 11.8 Å². The van der Waals surface area contributed by atoms with E-state index in [1.165, 1.54) is 0 Å². The van der Waals surface area contributed by atoms with Gasteiger partial charge in [0.25, 0.3) is 5.69 Å². The third kappa shape index (κ3) is 2.81.